The van der Waals surface area contributed by atoms with Crippen molar-refractivity contribution in [3.8, 4) is 6.07 Å². The van der Waals surface area contributed by atoms with Gasteiger partial charge in [0.15, 0.2) is 0 Å². The van der Waals surface area contributed by atoms with Crippen molar-refractivity contribution in [2.45, 2.75) is 61.9 Å². The van der Waals surface area contributed by atoms with E-state index in [4.69, 9.17) is 0 Å². The Morgan fingerprint density at radius 1 is 1.00 bits per heavy atom. The van der Waals surface area contributed by atoms with Crippen LogP contribution >= 0.6 is 0 Å². The molecule has 2 saturated carbocycles. The molecule has 0 radical (unpaired) electrons. The molecule has 2 aliphatic rings. The normalized spacial score (nSPS) is 20.4. The van der Waals surface area contributed by atoms with Crippen molar-refractivity contribution in [1.29, 1.82) is 5.26 Å². The summed E-state index contributed by atoms with van der Waals surface area (Å²) in [5.74, 6) is 0. The molecule has 5 heteroatoms. The first-order valence-corrected chi connectivity index (χ1v) is 9.11. The summed E-state index contributed by atoms with van der Waals surface area (Å²) in [6.07, 6.45) is 7.19. The minimum atomic E-state index is -3.57. The number of nitrogens with zero attached hydrogens (tertiary/aromatic N) is 2. The predicted molar refractivity (Wildman–Crippen MR) is 80.1 cm³/mol. The van der Waals surface area contributed by atoms with E-state index in [2.05, 4.69) is 0 Å². The third-order valence-corrected chi connectivity index (χ3v) is 6.47. The second-order valence-corrected chi connectivity index (χ2v) is 7.78. The molecular weight excluding hydrogens is 284 g/mol. The standard InChI is InChI=1S/C16H20N2O2S/c17-12-13-6-4-5-9-16(13)21(19,20)18(15-10-11-15)14-7-2-1-3-8-14/h4-6,9,14-15H,1-3,7-8,10-11H2. The zero-order chi connectivity index (χ0) is 14.9. The highest BCUT2D eigenvalue weighted by Gasteiger charge is 2.43. The van der Waals surface area contributed by atoms with Gasteiger partial charge in [-0.2, -0.15) is 9.57 Å². The first kappa shape index (κ1) is 14.6. The summed E-state index contributed by atoms with van der Waals surface area (Å²) in [5.41, 5.74) is 0.249. The zero-order valence-electron chi connectivity index (χ0n) is 12.0. The van der Waals surface area contributed by atoms with Crippen LogP contribution in [0.1, 0.15) is 50.5 Å². The van der Waals surface area contributed by atoms with Crippen LogP contribution in [-0.4, -0.2) is 24.8 Å². The maximum Gasteiger partial charge on any atom is 0.244 e. The molecule has 0 saturated heterocycles. The van der Waals surface area contributed by atoms with Crippen molar-refractivity contribution in [1.82, 2.24) is 4.31 Å². The summed E-state index contributed by atoms with van der Waals surface area (Å²) >= 11 is 0. The molecule has 0 bridgehead atoms. The van der Waals surface area contributed by atoms with Crippen molar-refractivity contribution in [2.24, 2.45) is 0 Å². The van der Waals surface area contributed by atoms with Gasteiger partial charge < -0.3 is 0 Å². The average Bonchev–Trinajstić information content (AvgIpc) is 3.33. The molecule has 0 heterocycles. The molecule has 0 spiro atoms. The minimum Gasteiger partial charge on any atom is -0.207 e. The first-order chi connectivity index (χ1) is 10.1. The van der Waals surface area contributed by atoms with Gasteiger partial charge in [-0.1, -0.05) is 31.4 Å². The second kappa shape index (κ2) is 5.78. The Morgan fingerprint density at radius 2 is 1.62 bits per heavy atom. The Labute approximate surface area is 126 Å². The number of benzene rings is 1. The predicted octanol–water partition coefficient (Wildman–Crippen LogP) is 3.04. The lowest BCUT2D eigenvalue weighted by atomic mass is 9.95. The molecule has 21 heavy (non-hydrogen) atoms. The number of rotatable bonds is 4. The number of hydrogen-bond donors (Lipinski definition) is 0. The third-order valence-electron chi connectivity index (χ3n) is 4.40. The van der Waals surface area contributed by atoms with Crippen LogP contribution in [0.3, 0.4) is 0 Å². The zero-order valence-corrected chi connectivity index (χ0v) is 12.8. The molecule has 0 aromatic heterocycles. The van der Waals surface area contributed by atoms with Gasteiger partial charge in [0.05, 0.1) is 10.5 Å². The van der Waals surface area contributed by atoms with Gasteiger partial charge in [0.25, 0.3) is 0 Å². The van der Waals surface area contributed by atoms with Gasteiger partial charge in [-0.05, 0) is 37.8 Å². The summed E-state index contributed by atoms with van der Waals surface area (Å²) in [4.78, 5) is 0.171. The van der Waals surface area contributed by atoms with E-state index in [-0.39, 0.29) is 22.5 Å². The molecule has 0 aliphatic heterocycles. The highest BCUT2D eigenvalue weighted by Crippen LogP contribution is 2.38. The summed E-state index contributed by atoms with van der Waals surface area (Å²) < 4.78 is 27.9. The van der Waals surface area contributed by atoms with E-state index in [9.17, 15) is 13.7 Å². The fourth-order valence-electron chi connectivity index (χ4n) is 3.25. The van der Waals surface area contributed by atoms with Crippen molar-refractivity contribution >= 4 is 10.0 Å². The molecule has 112 valence electrons. The smallest absolute Gasteiger partial charge is 0.207 e. The van der Waals surface area contributed by atoms with E-state index < -0.39 is 10.0 Å². The van der Waals surface area contributed by atoms with E-state index in [1.165, 1.54) is 6.42 Å². The van der Waals surface area contributed by atoms with E-state index in [0.29, 0.717) is 0 Å². The fraction of sp³-hybridized carbons (Fsp3) is 0.562. The van der Waals surface area contributed by atoms with E-state index in [1.54, 1.807) is 28.6 Å². The lowest BCUT2D eigenvalue weighted by Crippen LogP contribution is -2.43. The summed E-state index contributed by atoms with van der Waals surface area (Å²) in [6.45, 7) is 0. The lowest BCUT2D eigenvalue weighted by Gasteiger charge is -2.33. The highest BCUT2D eigenvalue weighted by molar-refractivity contribution is 7.89. The van der Waals surface area contributed by atoms with E-state index in [1.807, 2.05) is 6.07 Å². The summed E-state index contributed by atoms with van der Waals surface area (Å²) in [6, 6.07) is 8.82. The molecule has 1 aromatic rings. The Bertz CT molecular complexity index is 653. The van der Waals surface area contributed by atoms with Crippen molar-refractivity contribution in [3.05, 3.63) is 29.8 Å². The second-order valence-electron chi connectivity index (χ2n) is 5.97. The van der Waals surface area contributed by atoms with Crippen LogP contribution in [-0.2, 0) is 10.0 Å². The molecule has 2 fully saturated rings. The van der Waals surface area contributed by atoms with Gasteiger partial charge in [0.2, 0.25) is 10.0 Å². The molecule has 1 aromatic carbocycles. The Kier molecular flexibility index (Phi) is 4.01. The van der Waals surface area contributed by atoms with E-state index in [0.717, 1.165) is 38.5 Å². The maximum absolute atomic E-state index is 13.1. The minimum absolute atomic E-state index is 0.114. The van der Waals surface area contributed by atoms with Crippen LogP contribution in [0.5, 0.6) is 0 Å². The average molecular weight is 304 g/mol. The number of hydrogen-bond acceptors (Lipinski definition) is 3. The summed E-state index contributed by atoms with van der Waals surface area (Å²) in [7, 11) is -3.57. The quantitative estimate of drug-likeness (QED) is 0.859. The van der Waals surface area contributed by atoms with Gasteiger partial charge in [0.1, 0.15) is 6.07 Å². The Morgan fingerprint density at radius 3 is 2.24 bits per heavy atom. The Hall–Kier alpha value is -1.38. The van der Waals surface area contributed by atoms with Crippen LogP contribution in [0.25, 0.3) is 0 Å². The molecular formula is C16H20N2O2S. The van der Waals surface area contributed by atoms with Crippen LogP contribution in [0.2, 0.25) is 0 Å². The van der Waals surface area contributed by atoms with Crippen LogP contribution < -0.4 is 0 Å². The van der Waals surface area contributed by atoms with Crippen LogP contribution in [0.4, 0.5) is 0 Å². The molecule has 4 nitrogen and oxygen atoms in total. The number of nitriles is 1. The third kappa shape index (κ3) is 2.83. The van der Waals surface area contributed by atoms with Gasteiger partial charge in [-0.25, -0.2) is 8.42 Å². The van der Waals surface area contributed by atoms with E-state index >= 15 is 0 Å². The molecule has 0 N–H and O–H groups in total. The van der Waals surface area contributed by atoms with Crippen molar-refractivity contribution in [3.63, 3.8) is 0 Å². The molecule has 0 amide bonds. The maximum atomic E-state index is 13.1. The molecule has 3 rings (SSSR count). The molecule has 2 aliphatic carbocycles. The van der Waals surface area contributed by atoms with Crippen LogP contribution in [0, 0.1) is 11.3 Å². The van der Waals surface area contributed by atoms with Gasteiger partial charge >= 0.3 is 0 Å². The number of sulfonamides is 1. The monoisotopic (exact) mass is 304 g/mol. The van der Waals surface area contributed by atoms with Gasteiger partial charge in [0, 0.05) is 12.1 Å². The Balaban J connectivity index is 1.99. The lowest BCUT2D eigenvalue weighted by molar-refractivity contribution is 0.246. The molecule has 0 unspecified atom stereocenters. The SMILES string of the molecule is N#Cc1ccccc1S(=O)(=O)N(C1CCCCC1)C1CC1. The van der Waals surface area contributed by atoms with Crippen molar-refractivity contribution < 1.29 is 8.42 Å². The summed E-state index contributed by atoms with van der Waals surface area (Å²) in [5, 5.41) is 9.20. The molecule has 0 atom stereocenters. The van der Waals surface area contributed by atoms with Gasteiger partial charge in [-0.15, -0.1) is 0 Å². The first-order valence-electron chi connectivity index (χ1n) is 7.67. The highest BCUT2D eigenvalue weighted by atomic mass is 32.2. The van der Waals surface area contributed by atoms with Crippen molar-refractivity contribution in [2.75, 3.05) is 0 Å². The largest absolute Gasteiger partial charge is 0.244 e. The van der Waals surface area contributed by atoms with Crippen LogP contribution in [0.15, 0.2) is 29.2 Å². The fourth-order valence-corrected chi connectivity index (χ4v) is 5.33. The van der Waals surface area contributed by atoms with Gasteiger partial charge in [-0.3, -0.25) is 0 Å². The topological polar surface area (TPSA) is 61.2 Å².